The van der Waals surface area contributed by atoms with Crippen molar-refractivity contribution in [2.24, 2.45) is 0 Å². The van der Waals surface area contributed by atoms with Gasteiger partial charge < -0.3 is 10.4 Å². The second-order valence-electron chi connectivity index (χ2n) is 3.39. The number of nitrogens with one attached hydrogen (secondary N) is 1. The van der Waals surface area contributed by atoms with Gasteiger partial charge in [0.1, 0.15) is 5.82 Å². The average molecular weight is 195 g/mol. The van der Waals surface area contributed by atoms with Crippen molar-refractivity contribution in [2.45, 2.75) is 25.8 Å². The van der Waals surface area contributed by atoms with Gasteiger partial charge in [0.05, 0.1) is 5.69 Å². The van der Waals surface area contributed by atoms with E-state index in [0.717, 1.165) is 17.9 Å². The van der Waals surface area contributed by atoms with Crippen LogP contribution in [0.1, 0.15) is 25.1 Å². The Kier molecular flexibility index (Phi) is 2.15. The zero-order valence-electron chi connectivity index (χ0n) is 8.03. The highest BCUT2D eigenvalue weighted by Gasteiger charge is 2.26. The van der Waals surface area contributed by atoms with Gasteiger partial charge in [0.15, 0.2) is 6.04 Å². The summed E-state index contributed by atoms with van der Waals surface area (Å²) >= 11 is 0. The number of hydrogen-bond acceptors (Lipinski definition) is 3. The fourth-order valence-electron chi connectivity index (χ4n) is 1.67. The van der Waals surface area contributed by atoms with E-state index in [1.165, 1.54) is 0 Å². The summed E-state index contributed by atoms with van der Waals surface area (Å²) in [6.45, 7) is 2.70. The maximum atomic E-state index is 10.9. The molecule has 0 radical (unpaired) electrons. The molecule has 0 spiro atoms. The monoisotopic (exact) mass is 195 g/mol. The minimum absolute atomic E-state index is 0.508. The molecule has 76 valence electrons. The molecule has 0 saturated carbocycles. The fourth-order valence-corrected chi connectivity index (χ4v) is 1.67. The Balaban J connectivity index is 2.38. The van der Waals surface area contributed by atoms with Gasteiger partial charge in [-0.2, -0.15) is 5.10 Å². The third kappa shape index (κ3) is 1.34. The molecular formula is C9H13N3O2. The summed E-state index contributed by atoms with van der Waals surface area (Å²) in [6.07, 6.45) is 1.42. The van der Waals surface area contributed by atoms with E-state index in [4.69, 9.17) is 5.11 Å². The second-order valence-corrected chi connectivity index (χ2v) is 3.39. The topological polar surface area (TPSA) is 67.2 Å². The third-order valence-corrected chi connectivity index (χ3v) is 2.45. The smallest absolute Gasteiger partial charge is 0.328 e. The number of carboxylic acid groups (broad SMARTS) is 1. The minimum atomic E-state index is -0.807. The Morgan fingerprint density at radius 2 is 2.64 bits per heavy atom. The van der Waals surface area contributed by atoms with Crippen molar-refractivity contribution in [1.29, 1.82) is 0 Å². The van der Waals surface area contributed by atoms with Crippen LogP contribution < -0.4 is 5.32 Å². The molecule has 1 aliphatic rings. The van der Waals surface area contributed by atoms with Gasteiger partial charge in [-0.1, -0.05) is 6.92 Å². The van der Waals surface area contributed by atoms with Crippen LogP contribution in [0.2, 0.25) is 0 Å². The number of carbonyl (C=O) groups is 1. The van der Waals surface area contributed by atoms with E-state index in [9.17, 15) is 4.79 Å². The Morgan fingerprint density at radius 3 is 3.29 bits per heavy atom. The first-order valence-electron chi connectivity index (χ1n) is 4.77. The van der Waals surface area contributed by atoms with Crippen molar-refractivity contribution in [3.8, 4) is 0 Å². The number of aliphatic carboxylic acids is 1. The van der Waals surface area contributed by atoms with Gasteiger partial charge in [0, 0.05) is 12.6 Å². The zero-order valence-corrected chi connectivity index (χ0v) is 8.03. The van der Waals surface area contributed by atoms with Crippen molar-refractivity contribution in [3.05, 3.63) is 11.8 Å². The molecule has 1 aromatic heterocycles. The Morgan fingerprint density at radius 1 is 1.86 bits per heavy atom. The van der Waals surface area contributed by atoms with Crippen LogP contribution in [0.3, 0.4) is 0 Å². The van der Waals surface area contributed by atoms with Crippen molar-refractivity contribution in [1.82, 2.24) is 9.78 Å². The maximum Gasteiger partial charge on any atom is 0.328 e. The van der Waals surface area contributed by atoms with Gasteiger partial charge in [0.25, 0.3) is 0 Å². The summed E-state index contributed by atoms with van der Waals surface area (Å²) in [5.41, 5.74) is 0.931. The number of rotatable bonds is 2. The number of aromatic nitrogens is 2. The fraction of sp³-hybridized carbons (Fsp3) is 0.556. The van der Waals surface area contributed by atoms with E-state index in [1.54, 1.807) is 4.68 Å². The first-order chi connectivity index (χ1) is 6.72. The normalized spacial score (nSPS) is 19.9. The summed E-state index contributed by atoms with van der Waals surface area (Å²) in [4.78, 5) is 10.9. The van der Waals surface area contributed by atoms with E-state index in [1.807, 2.05) is 13.0 Å². The largest absolute Gasteiger partial charge is 0.480 e. The molecule has 2 rings (SSSR count). The molecule has 1 atom stereocenters. The van der Waals surface area contributed by atoms with Crippen LogP contribution in [0, 0.1) is 0 Å². The highest BCUT2D eigenvalue weighted by Crippen LogP contribution is 2.24. The van der Waals surface area contributed by atoms with Gasteiger partial charge in [-0.25, -0.2) is 9.48 Å². The van der Waals surface area contributed by atoms with Gasteiger partial charge in [-0.3, -0.25) is 0 Å². The molecule has 2 heterocycles. The van der Waals surface area contributed by atoms with Crippen LogP contribution in [0.5, 0.6) is 0 Å². The summed E-state index contributed by atoms with van der Waals surface area (Å²) in [6, 6.07) is 1.40. The lowest BCUT2D eigenvalue weighted by Gasteiger charge is -2.21. The number of fused-ring (bicyclic) bond motifs is 1. The first-order valence-corrected chi connectivity index (χ1v) is 4.77. The predicted molar refractivity (Wildman–Crippen MR) is 51.4 cm³/mol. The predicted octanol–water partition coefficient (Wildman–Crippen LogP) is 0.887. The summed E-state index contributed by atoms with van der Waals surface area (Å²) < 4.78 is 1.57. The molecule has 5 heteroatoms. The molecule has 1 aliphatic heterocycles. The van der Waals surface area contributed by atoms with E-state index in [0.29, 0.717) is 13.0 Å². The highest BCUT2D eigenvalue weighted by atomic mass is 16.4. The number of aryl methyl sites for hydroxylation is 1. The third-order valence-electron chi connectivity index (χ3n) is 2.45. The van der Waals surface area contributed by atoms with Crippen LogP contribution in [-0.4, -0.2) is 27.4 Å². The lowest BCUT2D eigenvalue weighted by atomic mass is 10.2. The van der Waals surface area contributed by atoms with Crippen LogP contribution >= 0.6 is 0 Å². The van der Waals surface area contributed by atoms with Crippen LogP contribution in [0.25, 0.3) is 0 Å². The van der Waals surface area contributed by atoms with Crippen molar-refractivity contribution >= 4 is 11.8 Å². The van der Waals surface area contributed by atoms with Crippen LogP contribution in [0.4, 0.5) is 5.82 Å². The van der Waals surface area contributed by atoms with E-state index >= 15 is 0 Å². The standard InChI is InChI=1S/C9H13N3O2/c1-2-6-5-8-10-4-3-7(9(13)14)12(8)11-6/h5,7,10H,2-4H2,1H3,(H,13,14). The molecule has 1 aromatic rings. The van der Waals surface area contributed by atoms with Gasteiger partial charge in [-0.15, -0.1) is 0 Å². The van der Waals surface area contributed by atoms with E-state index in [2.05, 4.69) is 10.4 Å². The van der Waals surface area contributed by atoms with Gasteiger partial charge >= 0.3 is 5.97 Å². The minimum Gasteiger partial charge on any atom is -0.480 e. The highest BCUT2D eigenvalue weighted by molar-refractivity contribution is 5.73. The summed E-state index contributed by atoms with van der Waals surface area (Å²) in [7, 11) is 0. The molecule has 0 amide bonds. The molecule has 14 heavy (non-hydrogen) atoms. The van der Waals surface area contributed by atoms with E-state index in [-0.39, 0.29) is 0 Å². The quantitative estimate of drug-likeness (QED) is 0.735. The van der Waals surface area contributed by atoms with Crippen molar-refractivity contribution in [2.75, 3.05) is 11.9 Å². The lowest BCUT2D eigenvalue weighted by molar-refractivity contribution is -0.141. The number of anilines is 1. The number of hydrogen-bond donors (Lipinski definition) is 2. The molecule has 2 N–H and O–H groups in total. The molecule has 0 saturated heterocycles. The number of carboxylic acids is 1. The first kappa shape index (κ1) is 9.05. The molecule has 0 bridgehead atoms. The second kappa shape index (κ2) is 3.32. The molecule has 0 aliphatic carbocycles. The summed E-state index contributed by atoms with van der Waals surface area (Å²) in [5.74, 6) is 0.0130. The van der Waals surface area contributed by atoms with Gasteiger partial charge in [-0.05, 0) is 12.8 Å². The van der Waals surface area contributed by atoms with Crippen LogP contribution in [0.15, 0.2) is 6.07 Å². The summed E-state index contributed by atoms with van der Waals surface area (Å²) in [5, 5.41) is 16.4. The molecule has 5 nitrogen and oxygen atoms in total. The number of nitrogens with zero attached hydrogens (tertiary/aromatic N) is 2. The molecule has 0 aromatic carbocycles. The maximum absolute atomic E-state index is 10.9. The van der Waals surface area contributed by atoms with Crippen LogP contribution in [-0.2, 0) is 11.2 Å². The average Bonchev–Trinajstić information content (AvgIpc) is 2.59. The van der Waals surface area contributed by atoms with E-state index < -0.39 is 12.0 Å². The lowest BCUT2D eigenvalue weighted by Crippen LogP contribution is -2.29. The Bertz CT molecular complexity index is 359. The Labute approximate surface area is 81.7 Å². The molecule has 1 unspecified atom stereocenters. The molecular weight excluding hydrogens is 182 g/mol. The van der Waals surface area contributed by atoms with Crippen molar-refractivity contribution in [3.63, 3.8) is 0 Å². The Hall–Kier alpha value is -1.52. The SMILES string of the molecule is CCc1cc2n(n1)C(C(=O)O)CCN2. The van der Waals surface area contributed by atoms with Crippen molar-refractivity contribution < 1.29 is 9.90 Å². The molecule has 0 fully saturated rings. The van der Waals surface area contributed by atoms with Gasteiger partial charge in [0.2, 0.25) is 0 Å². The zero-order chi connectivity index (χ0) is 10.1.